The number of morpholine rings is 1. The Bertz CT molecular complexity index is 1050. The number of nitrogens with zero attached hydrogens (tertiary/aromatic N) is 3. The van der Waals surface area contributed by atoms with Crippen molar-refractivity contribution in [2.24, 2.45) is 0 Å². The van der Waals surface area contributed by atoms with E-state index in [4.69, 9.17) is 9.47 Å². The lowest BCUT2D eigenvalue weighted by Gasteiger charge is -2.36. The quantitative estimate of drug-likeness (QED) is 0.336. The number of anilines is 1. The standard InChI is InChI=1S/C34H53N3O2/c1-8-28-9-12-33(39-22-19-36-17-20-38-21-18-36)31(23-28)34(5,6)25-27(4)29-10-11-32(30(24-29)26(2)3)37-15-13-35(7)14-16-37/h9-12,23-24,26-27H,8,13-22,25H2,1-7H3. The number of aryl methyl sites for hydroxylation is 1. The molecule has 2 aliphatic rings. The van der Waals surface area contributed by atoms with Gasteiger partial charge in [-0.3, -0.25) is 4.90 Å². The normalized spacial score (nSPS) is 18.5. The molecule has 2 heterocycles. The molecule has 216 valence electrons. The van der Waals surface area contributed by atoms with Crippen LogP contribution in [0.15, 0.2) is 36.4 Å². The Balaban J connectivity index is 1.50. The molecule has 2 fully saturated rings. The molecule has 0 amide bonds. The summed E-state index contributed by atoms with van der Waals surface area (Å²) in [4.78, 5) is 7.46. The number of benzene rings is 2. The summed E-state index contributed by atoms with van der Waals surface area (Å²) in [7, 11) is 2.23. The Morgan fingerprint density at radius 1 is 0.923 bits per heavy atom. The Morgan fingerprint density at radius 3 is 2.31 bits per heavy atom. The maximum Gasteiger partial charge on any atom is 0.123 e. The average molecular weight is 536 g/mol. The maximum atomic E-state index is 6.46. The zero-order valence-corrected chi connectivity index (χ0v) is 25.8. The summed E-state index contributed by atoms with van der Waals surface area (Å²) in [6.07, 6.45) is 2.11. The van der Waals surface area contributed by atoms with Gasteiger partial charge in [-0.15, -0.1) is 0 Å². The van der Waals surface area contributed by atoms with Gasteiger partial charge in [0.2, 0.25) is 0 Å². The van der Waals surface area contributed by atoms with Crippen LogP contribution in [0.5, 0.6) is 5.75 Å². The topological polar surface area (TPSA) is 28.2 Å². The molecule has 0 aliphatic carbocycles. The molecule has 5 heteroatoms. The SMILES string of the molecule is CCc1ccc(OCCN2CCOCC2)c(C(C)(C)CC(C)c2ccc(N3CCN(C)CC3)c(C(C)C)c2)c1. The molecule has 0 saturated carbocycles. The fourth-order valence-corrected chi connectivity index (χ4v) is 6.23. The van der Waals surface area contributed by atoms with Crippen LogP contribution in [0, 0.1) is 0 Å². The van der Waals surface area contributed by atoms with E-state index in [1.54, 1.807) is 0 Å². The van der Waals surface area contributed by atoms with E-state index in [0.717, 1.165) is 84.2 Å². The fourth-order valence-electron chi connectivity index (χ4n) is 6.23. The van der Waals surface area contributed by atoms with Gasteiger partial charge in [0.15, 0.2) is 0 Å². The lowest BCUT2D eigenvalue weighted by atomic mass is 9.74. The van der Waals surface area contributed by atoms with E-state index in [1.807, 2.05) is 0 Å². The monoisotopic (exact) mass is 535 g/mol. The van der Waals surface area contributed by atoms with Crippen LogP contribution in [-0.4, -0.2) is 82.5 Å². The number of likely N-dealkylation sites (N-methyl/N-ethyl adjacent to an activating group) is 1. The van der Waals surface area contributed by atoms with E-state index < -0.39 is 0 Å². The third-order valence-electron chi connectivity index (χ3n) is 8.85. The molecule has 5 nitrogen and oxygen atoms in total. The van der Waals surface area contributed by atoms with Crippen LogP contribution in [-0.2, 0) is 16.6 Å². The second-order valence-corrected chi connectivity index (χ2v) is 12.7. The molecule has 0 spiro atoms. The Morgan fingerprint density at radius 2 is 1.64 bits per heavy atom. The third-order valence-corrected chi connectivity index (χ3v) is 8.85. The summed E-state index contributed by atoms with van der Waals surface area (Å²) in [6.45, 7) is 23.9. The average Bonchev–Trinajstić information content (AvgIpc) is 2.93. The van der Waals surface area contributed by atoms with E-state index in [2.05, 4.69) is 99.7 Å². The summed E-state index contributed by atoms with van der Waals surface area (Å²) in [5.74, 6) is 2.00. The van der Waals surface area contributed by atoms with E-state index in [1.165, 1.54) is 27.9 Å². The highest BCUT2D eigenvalue weighted by molar-refractivity contribution is 5.57. The predicted octanol–water partition coefficient (Wildman–Crippen LogP) is 6.31. The van der Waals surface area contributed by atoms with Crippen molar-refractivity contribution >= 4 is 5.69 Å². The van der Waals surface area contributed by atoms with Gasteiger partial charge < -0.3 is 19.3 Å². The Labute approximate surface area is 238 Å². The van der Waals surface area contributed by atoms with Crippen LogP contribution < -0.4 is 9.64 Å². The first-order valence-electron chi connectivity index (χ1n) is 15.3. The largest absolute Gasteiger partial charge is 0.492 e. The van der Waals surface area contributed by atoms with Gasteiger partial charge in [0, 0.05) is 57.1 Å². The molecule has 4 rings (SSSR count). The third kappa shape index (κ3) is 7.77. The van der Waals surface area contributed by atoms with E-state index >= 15 is 0 Å². The highest BCUT2D eigenvalue weighted by Gasteiger charge is 2.29. The molecule has 1 atom stereocenters. The van der Waals surface area contributed by atoms with Gasteiger partial charge in [0.05, 0.1) is 13.2 Å². The Kier molecular flexibility index (Phi) is 10.4. The van der Waals surface area contributed by atoms with Crippen molar-refractivity contribution in [3.05, 3.63) is 58.7 Å². The van der Waals surface area contributed by atoms with Gasteiger partial charge in [-0.2, -0.15) is 0 Å². The summed E-state index contributed by atoms with van der Waals surface area (Å²) in [5.41, 5.74) is 7.08. The molecular weight excluding hydrogens is 482 g/mol. The van der Waals surface area contributed by atoms with Gasteiger partial charge in [-0.05, 0) is 66.0 Å². The molecule has 2 aromatic rings. The van der Waals surface area contributed by atoms with Crippen LogP contribution in [0.2, 0.25) is 0 Å². The number of rotatable bonds is 11. The van der Waals surface area contributed by atoms with Crippen molar-refractivity contribution in [2.75, 3.05) is 77.6 Å². The molecule has 0 aromatic heterocycles. The molecule has 2 aromatic carbocycles. The lowest BCUT2D eigenvalue weighted by molar-refractivity contribution is 0.0321. The molecular formula is C34H53N3O2. The Hall–Kier alpha value is -2.08. The van der Waals surface area contributed by atoms with E-state index in [-0.39, 0.29) is 5.41 Å². The second-order valence-electron chi connectivity index (χ2n) is 12.7. The summed E-state index contributed by atoms with van der Waals surface area (Å²) in [6, 6.07) is 14.1. The number of hydrogen-bond acceptors (Lipinski definition) is 5. The highest BCUT2D eigenvalue weighted by atomic mass is 16.5. The smallest absolute Gasteiger partial charge is 0.123 e. The first-order valence-corrected chi connectivity index (χ1v) is 15.3. The van der Waals surface area contributed by atoms with Crippen LogP contribution in [0.3, 0.4) is 0 Å². The van der Waals surface area contributed by atoms with Crippen molar-refractivity contribution in [3.63, 3.8) is 0 Å². The minimum absolute atomic E-state index is 0.00693. The van der Waals surface area contributed by atoms with Gasteiger partial charge in [0.1, 0.15) is 12.4 Å². The lowest BCUT2D eigenvalue weighted by Crippen LogP contribution is -2.44. The van der Waals surface area contributed by atoms with Crippen molar-refractivity contribution in [1.82, 2.24) is 9.80 Å². The van der Waals surface area contributed by atoms with Crippen LogP contribution in [0.25, 0.3) is 0 Å². The van der Waals surface area contributed by atoms with E-state index in [0.29, 0.717) is 11.8 Å². The molecule has 0 radical (unpaired) electrons. The summed E-state index contributed by atoms with van der Waals surface area (Å²) < 4.78 is 12.0. The van der Waals surface area contributed by atoms with Gasteiger partial charge in [-0.1, -0.05) is 65.8 Å². The van der Waals surface area contributed by atoms with Crippen molar-refractivity contribution in [2.45, 2.75) is 71.6 Å². The molecule has 39 heavy (non-hydrogen) atoms. The zero-order valence-electron chi connectivity index (χ0n) is 25.8. The first kappa shape index (κ1) is 29.9. The number of piperazine rings is 1. The summed E-state index contributed by atoms with van der Waals surface area (Å²) in [5, 5.41) is 0. The number of ether oxygens (including phenoxy) is 2. The first-order chi connectivity index (χ1) is 18.7. The molecule has 0 N–H and O–H groups in total. The maximum absolute atomic E-state index is 6.46. The fraction of sp³-hybridized carbons (Fsp3) is 0.647. The summed E-state index contributed by atoms with van der Waals surface area (Å²) >= 11 is 0. The van der Waals surface area contributed by atoms with Crippen molar-refractivity contribution in [3.8, 4) is 5.75 Å². The van der Waals surface area contributed by atoms with Crippen LogP contribution >= 0.6 is 0 Å². The van der Waals surface area contributed by atoms with Crippen molar-refractivity contribution in [1.29, 1.82) is 0 Å². The molecule has 0 bridgehead atoms. The minimum Gasteiger partial charge on any atom is -0.492 e. The predicted molar refractivity (Wildman–Crippen MR) is 165 cm³/mol. The van der Waals surface area contributed by atoms with Crippen molar-refractivity contribution < 1.29 is 9.47 Å². The van der Waals surface area contributed by atoms with Gasteiger partial charge in [0.25, 0.3) is 0 Å². The van der Waals surface area contributed by atoms with Gasteiger partial charge >= 0.3 is 0 Å². The molecule has 2 saturated heterocycles. The zero-order chi connectivity index (χ0) is 28.0. The highest BCUT2D eigenvalue weighted by Crippen LogP contribution is 2.41. The number of hydrogen-bond donors (Lipinski definition) is 0. The van der Waals surface area contributed by atoms with Gasteiger partial charge in [-0.25, -0.2) is 0 Å². The second kappa shape index (κ2) is 13.5. The molecule has 2 aliphatic heterocycles. The van der Waals surface area contributed by atoms with Crippen LogP contribution in [0.4, 0.5) is 5.69 Å². The van der Waals surface area contributed by atoms with Crippen LogP contribution in [0.1, 0.15) is 82.1 Å². The minimum atomic E-state index is -0.00693. The molecule has 1 unspecified atom stereocenters. The van der Waals surface area contributed by atoms with E-state index in [9.17, 15) is 0 Å².